The second-order valence-corrected chi connectivity index (χ2v) is 6.06. The lowest BCUT2D eigenvalue weighted by Gasteiger charge is -2.19. The maximum absolute atomic E-state index is 14.0. The first-order valence-electron chi connectivity index (χ1n) is 7.26. The zero-order valence-corrected chi connectivity index (χ0v) is 13.6. The highest BCUT2D eigenvalue weighted by Gasteiger charge is 2.17. The molecule has 1 aromatic carbocycles. The van der Waals surface area contributed by atoms with Crippen LogP contribution in [0.2, 0.25) is 0 Å². The van der Waals surface area contributed by atoms with Crippen molar-refractivity contribution in [2.75, 3.05) is 5.32 Å². The van der Waals surface area contributed by atoms with Gasteiger partial charge in [-0.25, -0.2) is 18.6 Å². The van der Waals surface area contributed by atoms with Gasteiger partial charge in [0.05, 0.1) is 11.9 Å². The van der Waals surface area contributed by atoms with Crippen molar-refractivity contribution in [3.63, 3.8) is 0 Å². The van der Waals surface area contributed by atoms with Crippen molar-refractivity contribution in [1.82, 2.24) is 4.98 Å². The Bertz CT molecular complexity index is 730. The van der Waals surface area contributed by atoms with Crippen LogP contribution in [-0.2, 0) is 11.3 Å². The molecular formula is C17H18F2N2O3. The van der Waals surface area contributed by atoms with Gasteiger partial charge in [-0.05, 0) is 38.5 Å². The lowest BCUT2D eigenvalue weighted by Crippen LogP contribution is -2.27. The second kappa shape index (κ2) is 7.25. The molecule has 1 N–H and O–H groups in total. The summed E-state index contributed by atoms with van der Waals surface area (Å²) in [6.45, 7) is 5.12. The zero-order chi connectivity index (χ0) is 17.7. The van der Waals surface area contributed by atoms with Gasteiger partial charge in [0.25, 0.3) is 5.88 Å². The summed E-state index contributed by atoms with van der Waals surface area (Å²) in [7, 11) is 0. The maximum Gasteiger partial charge on any atom is 0.412 e. The molecule has 7 heteroatoms. The third-order valence-electron chi connectivity index (χ3n) is 2.72. The first kappa shape index (κ1) is 17.7. The molecule has 128 valence electrons. The van der Waals surface area contributed by atoms with Crippen LogP contribution in [0.15, 0.2) is 36.5 Å². The van der Waals surface area contributed by atoms with E-state index in [-0.39, 0.29) is 18.2 Å². The molecule has 0 aliphatic heterocycles. The van der Waals surface area contributed by atoms with Crippen LogP contribution >= 0.6 is 0 Å². The Hall–Kier alpha value is -2.70. The van der Waals surface area contributed by atoms with E-state index >= 15 is 0 Å². The van der Waals surface area contributed by atoms with E-state index in [2.05, 4.69) is 10.3 Å². The minimum atomic E-state index is -0.750. The summed E-state index contributed by atoms with van der Waals surface area (Å²) in [6.07, 6.45) is 0.533. The molecule has 1 amide bonds. The Labute approximate surface area is 138 Å². The molecule has 0 aliphatic carbocycles. The van der Waals surface area contributed by atoms with Crippen LogP contribution < -0.4 is 10.1 Å². The van der Waals surface area contributed by atoms with Gasteiger partial charge in [0, 0.05) is 6.07 Å². The first-order chi connectivity index (χ1) is 11.2. The van der Waals surface area contributed by atoms with Crippen LogP contribution in [-0.4, -0.2) is 16.7 Å². The van der Waals surface area contributed by atoms with Gasteiger partial charge in [0.1, 0.15) is 18.0 Å². The summed E-state index contributed by atoms with van der Waals surface area (Å²) in [5.74, 6) is -1.39. The number of ether oxygens (including phenoxy) is 2. The molecule has 2 rings (SSSR count). The Morgan fingerprint density at radius 2 is 2.00 bits per heavy atom. The number of rotatable bonds is 4. The molecular weight excluding hydrogens is 318 g/mol. The number of hydrogen-bond acceptors (Lipinski definition) is 4. The number of carbonyl (C=O) groups excluding carboxylic acids is 1. The van der Waals surface area contributed by atoms with Crippen molar-refractivity contribution in [2.24, 2.45) is 0 Å². The maximum atomic E-state index is 14.0. The number of anilines is 1. The SMILES string of the molecule is CC(C)(C)OC(=O)Nc1cnc(OCc2cccc(F)c2)c(F)c1. The molecule has 1 aromatic heterocycles. The van der Waals surface area contributed by atoms with Crippen LogP contribution in [0.5, 0.6) is 5.88 Å². The Balaban J connectivity index is 1.98. The number of aromatic nitrogens is 1. The van der Waals surface area contributed by atoms with Gasteiger partial charge >= 0.3 is 6.09 Å². The molecule has 5 nitrogen and oxygen atoms in total. The first-order valence-corrected chi connectivity index (χ1v) is 7.26. The van der Waals surface area contributed by atoms with Crippen LogP contribution in [0, 0.1) is 11.6 Å². The van der Waals surface area contributed by atoms with Crippen molar-refractivity contribution in [3.05, 3.63) is 53.7 Å². The molecule has 0 saturated heterocycles. The molecule has 0 unspecified atom stereocenters. The standard InChI is InChI=1S/C17H18F2N2O3/c1-17(2,3)24-16(22)21-13-8-14(19)15(20-9-13)23-10-11-5-4-6-12(18)7-11/h4-9H,10H2,1-3H3,(H,21,22). The van der Waals surface area contributed by atoms with Crippen molar-refractivity contribution < 1.29 is 23.0 Å². The number of benzene rings is 1. The molecule has 0 saturated carbocycles. The van der Waals surface area contributed by atoms with Crippen molar-refractivity contribution in [3.8, 4) is 5.88 Å². The van der Waals surface area contributed by atoms with Gasteiger partial charge < -0.3 is 9.47 Å². The molecule has 0 fully saturated rings. The highest BCUT2D eigenvalue weighted by Crippen LogP contribution is 2.20. The van der Waals surface area contributed by atoms with E-state index in [0.717, 1.165) is 6.07 Å². The summed E-state index contributed by atoms with van der Waals surface area (Å²) in [6, 6.07) is 6.85. The quantitative estimate of drug-likeness (QED) is 0.905. The van der Waals surface area contributed by atoms with Crippen molar-refractivity contribution >= 4 is 11.8 Å². The summed E-state index contributed by atoms with van der Waals surface area (Å²) in [4.78, 5) is 15.4. The van der Waals surface area contributed by atoms with E-state index in [4.69, 9.17) is 9.47 Å². The monoisotopic (exact) mass is 336 g/mol. The molecule has 0 spiro atoms. The van der Waals surface area contributed by atoms with E-state index in [9.17, 15) is 13.6 Å². The van der Waals surface area contributed by atoms with Gasteiger partial charge in [-0.15, -0.1) is 0 Å². The average Bonchev–Trinajstić information content (AvgIpc) is 2.44. The predicted octanol–water partition coefficient (Wildman–Crippen LogP) is 4.29. The molecule has 24 heavy (non-hydrogen) atoms. The molecule has 1 heterocycles. The fraction of sp³-hybridized carbons (Fsp3) is 0.294. The Kier molecular flexibility index (Phi) is 5.33. The highest BCUT2D eigenvalue weighted by atomic mass is 19.1. The van der Waals surface area contributed by atoms with Crippen molar-refractivity contribution in [1.29, 1.82) is 0 Å². The normalized spacial score (nSPS) is 11.0. The second-order valence-electron chi connectivity index (χ2n) is 6.06. The lowest BCUT2D eigenvalue weighted by atomic mass is 10.2. The Morgan fingerprint density at radius 3 is 2.62 bits per heavy atom. The summed E-state index contributed by atoms with van der Waals surface area (Å²) in [5.41, 5.74) is 0.0244. The van der Waals surface area contributed by atoms with Gasteiger partial charge in [-0.3, -0.25) is 5.32 Å². The highest BCUT2D eigenvalue weighted by molar-refractivity contribution is 5.84. The summed E-state index contributed by atoms with van der Waals surface area (Å²) >= 11 is 0. The minimum absolute atomic E-state index is 0.0273. The number of nitrogens with one attached hydrogen (secondary N) is 1. The number of carbonyl (C=O) groups is 1. The molecule has 0 aliphatic rings. The van der Waals surface area contributed by atoms with Crippen LogP contribution in [0.25, 0.3) is 0 Å². The van der Waals surface area contributed by atoms with E-state index in [1.807, 2.05) is 0 Å². The Morgan fingerprint density at radius 1 is 1.25 bits per heavy atom. The molecule has 0 radical (unpaired) electrons. The molecule has 0 bridgehead atoms. The number of nitrogens with zero attached hydrogens (tertiary/aromatic N) is 1. The van der Waals surface area contributed by atoms with Gasteiger partial charge in [0.2, 0.25) is 0 Å². The van der Waals surface area contributed by atoms with Gasteiger partial charge in [-0.1, -0.05) is 12.1 Å². The van der Waals surface area contributed by atoms with E-state index in [1.165, 1.54) is 24.4 Å². The van der Waals surface area contributed by atoms with Crippen LogP contribution in [0.3, 0.4) is 0 Å². The zero-order valence-electron chi connectivity index (χ0n) is 13.6. The summed E-state index contributed by atoms with van der Waals surface area (Å²) in [5, 5.41) is 2.38. The number of halogens is 2. The number of amides is 1. The topological polar surface area (TPSA) is 60.5 Å². The molecule has 0 atom stereocenters. The largest absolute Gasteiger partial charge is 0.471 e. The van der Waals surface area contributed by atoms with E-state index in [0.29, 0.717) is 5.56 Å². The van der Waals surface area contributed by atoms with E-state index < -0.39 is 23.3 Å². The average molecular weight is 336 g/mol. The fourth-order valence-electron chi connectivity index (χ4n) is 1.80. The smallest absolute Gasteiger partial charge is 0.412 e. The van der Waals surface area contributed by atoms with Gasteiger partial charge in [-0.2, -0.15) is 0 Å². The van der Waals surface area contributed by atoms with E-state index in [1.54, 1.807) is 26.8 Å². The van der Waals surface area contributed by atoms with Crippen molar-refractivity contribution in [2.45, 2.75) is 33.0 Å². The number of hydrogen-bond donors (Lipinski definition) is 1. The third-order valence-corrected chi connectivity index (χ3v) is 2.72. The fourth-order valence-corrected chi connectivity index (χ4v) is 1.80. The minimum Gasteiger partial charge on any atom is -0.471 e. The summed E-state index contributed by atoms with van der Waals surface area (Å²) < 4.78 is 37.3. The van der Waals surface area contributed by atoms with Gasteiger partial charge in [0.15, 0.2) is 5.82 Å². The third kappa shape index (κ3) is 5.49. The predicted molar refractivity (Wildman–Crippen MR) is 84.8 cm³/mol. The van der Waals surface area contributed by atoms with Crippen LogP contribution in [0.4, 0.5) is 19.3 Å². The molecule has 2 aromatic rings. The lowest BCUT2D eigenvalue weighted by molar-refractivity contribution is 0.0636. The number of pyridine rings is 1. The van der Waals surface area contributed by atoms with Crippen LogP contribution in [0.1, 0.15) is 26.3 Å².